The molecule has 0 fully saturated rings. The van der Waals surface area contributed by atoms with E-state index in [0.717, 1.165) is 10.4 Å². The van der Waals surface area contributed by atoms with Crippen LogP contribution in [0.15, 0.2) is 30.3 Å². The molecule has 0 aliphatic rings. The predicted octanol–water partition coefficient (Wildman–Crippen LogP) is 3.18. The first-order valence-corrected chi connectivity index (χ1v) is 5.39. The molecule has 1 heterocycles. The van der Waals surface area contributed by atoms with Crippen molar-refractivity contribution in [2.24, 2.45) is 0 Å². The Balaban J connectivity index is 2.51. The topological polar surface area (TPSA) is 49.8 Å². The Kier molecular flexibility index (Phi) is 2.44. The fraction of sp³-hybridized carbons (Fsp3) is 0.0833. The van der Waals surface area contributed by atoms with Crippen LogP contribution in [0.2, 0.25) is 0 Å². The smallest absolute Gasteiger partial charge is 0.128 e. The Morgan fingerprint density at radius 2 is 2.13 bits per heavy atom. The molecule has 2 N–H and O–H groups in total. The number of benzene rings is 1. The third kappa shape index (κ3) is 1.85. The zero-order valence-electron chi connectivity index (χ0n) is 8.32. The van der Waals surface area contributed by atoms with Crippen molar-refractivity contribution in [3.05, 3.63) is 40.8 Å². The molecule has 0 bridgehead atoms. The van der Waals surface area contributed by atoms with Crippen molar-refractivity contribution in [3.63, 3.8) is 0 Å². The van der Waals surface area contributed by atoms with E-state index < -0.39 is 0 Å². The van der Waals surface area contributed by atoms with Gasteiger partial charge in [0.2, 0.25) is 0 Å². The fourth-order valence-corrected chi connectivity index (χ4v) is 2.31. The van der Waals surface area contributed by atoms with Crippen LogP contribution in [0.5, 0.6) is 0 Å². The molecule has 2 rings (SSSR count). The van der Waals surface area contributed by atoms with Crippen molar-refractivity contribution in [2.75, 3.05) is 5.73 Å². The number of thiophene rings is 1. The van der Waals surface area contributed by atoms with Crippen LogP contribution in [0.3, 0.4) is 0 Å². The molecule has 0 saturated heterocycles. The normalized spacial score (nSPS) is 9.87. The summed E-state index contributed by atoms with van der Waals surface area (Å²) in [5.41, 5.74) is 8.61. The van der Waals surface area contributed by atoms with E-state index in [0.29, 0.717) is 10.6 Å². The van der Waals surface area contributed by atoms with Gasteiger partial charge in [0.05, 0.1) is 5.69 Å². The molecule has 2 aromatic rings. The van der Waals surface area contributed by atoms with E-state index >= 15 is 0 Å². The molecule has 2 nitrogen and oxygen atoms in total. The number of hydrogen-bond donors (Lipinski definition) is 1. The standard InChI is InChI=1S/C12H10N2S/c1-8-3-2-4-9(5-8)11-6-10(14)12(7-13)15-11/h2-6H,14H2,1H3. The molecule has 0 saturated carbocycles. The molecule has 1 aromatic heterocycles. The molecule has 0 aliphatic heterocycles. The molecule has 0 unspecified atom stereocenters. The number of anilines is 1. The third-order valence-electron chi connectivity index (χ3n) is 2.16. The first-order chi connectivity index (χ1) is 7.20. The lowest BCUT2D eigenvalue weighted by molar-refractivity contribution is 1.48. The summed E-state index contributed by atoms with van der Waals surface area (Å²) in [5, 5.41) is 8.81. The average molecular weight is 214 g/mol. The Bertz CT molecular complexity index is 535. The molecule has 1 aromatic carbocycles. The number of nitrogens with zero attached hydrogens (tertiary/aromatic N) is 1. The van der Waals surface area contributed by atoms with Crippen LogP contribution in [0.4, 0.5) is 5.69 Å². The molecule has 0 spiro atoms. The lowest BCUT2D eigenvalue weighted by atomic mass is 10.1. The monoisotopic (exact) mass is 214 g/mol. The molecule has 0 atom stereocenters. The van der Waals surface area contributed by atoms with Crippen LogP contribution >= 0.6 is 11.3 Å². The molecule has 15 heavy (non-hydrogen) atoms. The summed E-state index contributed by atoms with van der Waals surface area (Å²) >= 11 is 1.44. The Morgan fingerprint density at radius 1 is 1.33 bits per heavy atom. The highest BCUT2D eigenvalue weighted by molar-refractivity contribution is 7.16. The van der Waals surface area contributed by atoms with E-state index in [1.54, 1.807) is 0 Å². The van der Waals surface area contributed by atoms with E-state index in [1.807, 2.05) is 31.2 Å². The second-order valence-corrected chi connectivity index (χ2v) is 4.43. The van der Waals surface area contributed by atoms with E-state index in [1.165, 1.54) is 16.9 Å². The first kappa shape index (κ1) is 9.75. The maximum absolute atomic E-state index is 8.81. The summed E-state index contributed by atoms with van der Waals surface area (Å²) in [6, 6.07) is 12.1. The number of nitrogen functional groups attached to an aromatic ring is 1. The van der Waals surface area contributed by atoms with Crippen molar-refractivity contribution in [1.82, 2.24) is 0 Å². The molecule has 0 aliphatic carbocycles. The van der Waals surface area contributed by atoms with Gasteiger partial charge in [0.1, 0.15) is 10.9 Å². The third-order valence-corrected chi connectivity index (χ3v) is 3.27. The Morgan fingerprint density at radius 3 is 2.73 bits per heavy atom. The minimum absolute atomic E-state index is 0.569. The van der Waals surface area contributed by atoms with Crippen LogP contribution < -0.4 is 5.73 Å². The fourth-order valence-electron chi connectivity index (χ4n) is 1.43. The van der Waals surface area contributed by atoms with Crippen molar-refractivity contribution >= 4 is 17.0 Å². The van der Waals surface area contributed by atoms with Gasteiger partial charge in [0, 0.05) is 4.88 Å². The van der Waals surface area contributed by atoms with E-state index in [-0.39, 0.29) is 0 Å². The number of aryl methyl sites for hydroxylation is 1. The second kappa shape index (κ2) is 3.76. The maximum atomic E-state index is 8.81. The first-order valence-electron chi connectivity index (χ1n) is 4.57. The van der Waals surface area contributed by atoms with E-state index in [9.17, 15) is 0 Å². The van der Waals surface area contributed by atoms with E-state index in [4.69, 9.17) is 11.0 Å². The van der Waals surface area contributed by atoms with Crippen molar-refractivity contribution < 1.29 is 0 Å². The summed E-state index contributed by atoms with van der Waals surface area (Å²) in [6.45, 7) is 2.05. The van der Waals surface area contributed by atoms with Crippen LogP contribution in [0, 0.1) is 18.3 Å². The van der Waals surface area contributed by atoms with Crippen molar-refractivity contribution in [2.45, 2.75) is 6.92 Å². The molecule has 0 amide bonds. The minimum atomic E-state index is 0.569. The van der Waals surface area contributed by atoms with Gasteiger partial charge >= 0.3 is 0 Å². The summed E-state index contributed by atoms with van der Waals surface area (Å²) in [6.07, 6.45) is 0. The van der Waals surface area contributed by atoms with Crippen LogP contribution in [0.1, 0.15) is 10.4 Å². The van der Waals surface area contributed by atoms with E-state index in [2.05, 4.69) is 12.1 Å². The van der Waals surface area contributed by atoms with Crippen LogP contribution in [-0.4, -0.2) is 0 Å². The Hall–Kier alpha value is -1.79. The van der Waals surface area contributed by atoms with Crippen molar-refractivity contribution in [1.29, 1.82) is 5.26 Å². The van der Waals surface area contributed by atoms with Gasteiger partial charge in [-0.15, -0.1) is 11.3 Å². The average Bonchev–Trinajstić information content (AvgIpc) is 2.60. The lowest BCUT2D eigenvalue weighted by Gasteiger charge is -1.97. The van der Waals surface area contributed by atoms with Gasteiger partial charge in [0.15, 0.2) is 0 Å². The van der Waals surface area contributed by atoms with Gasteiger partial charge in [-0.2, -0.15) is 5.26 Å². The lowest BCUT2D eigenvalue weighted by Crippen LogP contribution is -1.81. The Labute approximate surface area is 92.6 Å². The quantitative estimate of drug-likeness (QED) is 0.792. The van der Waals surface area contributed by atoms with Crippen molar-refractivity contribution in [3.8, 4) is 16.5 Å². The van der Waals surface area contributed by atoms with Gasteiger partial charge in [-0.25, -0.2) is 0 Å². The van der Waals surface area contributed by atoms with Gasteiger partial charge in [-0.3, -0.25) is 0 Å². The summed E-state index contributed by atoms with van der Waals surface area (Å²) in [4.78, 5) is 1.64. The SMILES string of the molecule is Cc1cccc(-c2cc(N)c(C#N)s2)c1. The molecular weight excluding hydrogens is 204 g/mol. The molecule has 74 valence electrons. The highest BCUT2D eigenvalue weighted by atomic mass is 32.1. The zero-order chi connectivity index (χ0) is 10.8. The number of rotatable bonds is 1. The number of nitriles is 1. The van der Waals surface area contributed by atoms with Gasteiger partial charge in [0.25, 0.3) is 0 Å². The van der Waals surface area contributed by atoms with Crippen LogP contribution in [-0.2, 0) is 0 Å². The zero-order valence-corrected chi connectivity index (χ0v) is 9.14. The highest BCUT2D eigenvalue weighted by Gasteiger charge is 2.07. The summed E-state index contributed by atoms with van der Waals surface area (Å²) in [5.74, 6) is 0. The molecule has 0 radical (unpaired) electrons. The predicted molar refractivity (Wildman–Crippen MR) is 63.6 cm³/mol. The van der Waals surface area contributed by atoms with Gasteiger partial charge < -0.3 is 5.73 Å². The second-order valence-electron chi connectivity index (χ2n) is 3.38. The summed E-state index contributed by atoms with van der Waals surface area (Å²) < 4.78 is 0. The summed E-state index contributed by atoms with van der Waals surface area (Å²) in [7, 11) is 0. The molecule has 3 heteroatoms. The van der Waals surface area contributed by atoms with Gasteiger partial charge in [-0.05, 0) is 18.6 Å². The number of hydrogen-bond acceptors (Lipinski definition) is 3. The number of nitrogens with two attached hydrogens (primary N) is 1. The molecular formula is C12H10N2S. The largest absolute Gasteiger partial charge is 0.397 e. The minimum Gasteiger partial charge on any atom is -0.397 e. The maximum Gasteiger partial charge on any atom is 0.128 e. The van der Waals surface area contributed by atoms with Crippen LogP contribution in [0.25, 0.3) is 10.4 Å². The highest BCUT2D eigenvalue weighted by Crippen LogP contribution is 2.32. The van der Waals surface area contributed by atoms with Gasteiger partial charge in [-0.1, -0.05) is 29.8 Å².